The lowest BCUT2D eigenvalue weighted by atomic mass is 9.81. The Labute approximate surface area is 177 Å². The normalized spacial score (nSPS) is 22.9. The van der Waals surface area contributed by atoms with Crippen LogP contribution in [-0.2, 0) is 17.4 Å². The summed E-state index contributed by atoms with van der Waals surface area (Å²) in [6.45, 7) is 0.299. The second kappa shape index (κ2) is 7.79. The molecular weight excluding hydrogens is 411 g/mol. The van der Waals surface area contributed by atoms with Crippen molar-refractivity contribution in [2.24, 2.45) is 17.6 Å². The Kier molecular flexibility index (Phi) is 5.28. The molecule has 9 heteroatoms. The van der Waals surface area contributed by atoms with Crippen LogP contribution in [0.3, 0.4) is 0 Å². The number of hydrogen-bond acceptors (Lipinski definition) is 4. The zero-order valence-electron chi connectivity index (χ0n) is 16.8. The molecule has 3 unspecified atom stereocenters. The summed E-state index contributed by atoms with van der Waals surface area (Å²) in [6, 6.07) is 10.5. The van der Waals surface area contributed by atoms with Crippen LogP contribution < -0.4 is 15.8 Å². The lowest BCUT2D eigenvalue weighted by molar-refractivity contribution is -0.137. The minimum absolute atomic E-state index is 0.0590. The Bertz CT molecular complexity index is 1020. The van der Waals surface area contributed by atoms with Crippen LogP contribution in [0.5, 0.6) is 5.75 Å². The lowest BCUT2D eigenvalue weighted by Crippen LogP contribution is -2.60. The van der Waals surface area contributed by atoms with Gasteiger partial charge in [-0.3, -0.25) is 9.59 Å². The van der Waals surface area contributed by atoms with Gasteiger partial charge in [0.15, 0.2) is 0 Å². The first-order valence-corrected chi connectivity index (χ1v) is 9.88. The summed E-state index contributed by atoms with van der Waals surface area (Å²) in [4.78, 5) is 26.8. The molecule has 0 saturated carbocycles. The standard InChI is InChI=1S/C22H22F3N3O3/c1-31-15-4-2-3-12(8-15)7-13-9-17(19(26)29)20-27-18-6-5-14(22(23,24)25)10-16(18)21(30)28(20)11-13/h2-6,8,10,13,17,20,27H,7,9,11H2,1H3,(H2,26,29). The van der Waals surface area contributed by atoms with E-state index in [2.05, 4.69) is 5.32 Å². The third-order valence-corrected chi connectivity index (χ3v) is 5.92. The van der Waals surface area contributed by atoms with Gasteiger partial charge < -0.3 is 20.7 Å². The molecule has 31 heavy (non-hydrogen) atoms. The van der Waals surface area contributed by atoms with E-state index in [0.29, 0.717) is 25.1 Å². The van der Waals surface area contributed by atoms with E-state index in [1.807, 2.05) is 24.3 Å². The van der Waals surface area contributed by atoms with Gasteiger partial charge in [0, 0.05) is 12.2 Å². The maximum atomic E-state index is 13.1. The van der Waals surface area contributed by atoms with E-state index >= 15 is 0 Å². The number of halogens is 3. The van der Waals surface area contributed by atoms with Crippen molar-refractivity contribution in [2.75, 3.05) is 19.0 Å². The predicted molar refractivity (Wildman–Crippen MR) is 107 cm³/mol. The average molecular weight is 433 g/mol. The van der Waals surface area contributed by atoms with Crippen molar-refractivity contribution < 1.29 is 27.5 Å². The molecule has 2 heterocycles. The van der Waals surface area contributed by atoms with E-state index in [9.17, 15) is 22.8 Å². The number of alkyl halides is 3. The zero-order chi connectivity index (χ0) is 22.3. The van der Waals surface area contributed by atoms with Crippen LogP contribution in [0.2, 0.25) is 0 Å². The van der Waals surface area contributed by atoms with Crippen LogP contribution in [0, 0.1) is 11.8 Å². The van der Waals surface area contributed by atoms with Crippen LogP contribution in [0.25, 0.3) is 0 Å². The SMILES string of the molecule is COc1cccc(CC2CC(C(N)=O)C3Nc4ccc(C(F)(F)F)cc4C(=O)N3C2)c1. The minimum Gasteiger partial charge on any atom is -0.497 e. The zero-order valence-corrected chi connectivity index (χ0v) is 16.8. The fourth-order valence-electron chi connectivity index (χ4n) is 4.45. The first-order valence-electron chi connectivity index (χ1n) is 9.88. The second-order valence-electron chi connectivity index (χ2n) is 7.97. The molecule has 0 aromatic heterocycles. The number of fused-ring (bicyclic) bond motifs is 2. The fraction of sp³-hybridized carbons (Fsp3) is 0.364. The predicted octanol–water partition coefficient (Wildman–Crippen LogP) is 3.27. The first-order chi connectivity index (χ1) is 14.7. The number of rotatable bonds is 4. The summed E-state index contributed by atoms with van der Waals surface area (Å²) in [5.74, 6) is -1.14. The molecule has 2 aromatic carbocycles. The van der Waals surface area contributed by atoms with Crippen molar-refractivity contribution in [1.29, 1.82) is 0 Å². The molecule has 0 aliphatic carbocycles. The van der Waals surface area contributed by atoms with E-state index in [-0.39, 0.29) is 17.2 Å². The van der Waals surface area contributed by atoms with Gasteiger partial charge in [0.1, 0.15) is 11.9 Å². The lowest BCUT2D eigenvalue weighted by Gasteiger charge is -2.47. The highest BCUT2D eigenvalue weighted by molar-refractivity contribution is 6.02. The van der Waals surface area contributed by atoms with Gasteiger partial charge in [-0.05, 0) is 54.7 Å². The molecule has 2 aliphatic rings. The molecule has 0 spiro atoms. The summed E-state index contributed by atoms with van der Waals surface area (Å²) in [7, 11) is 1.57. The first kappa shape index (κ1) is 21.0. The largest absolute Gasteiger partial charge is 0.497 e. The van der Waals surface area contributed by atoms with Crippen molar-refractivity contribution >= 4 is 17.5 Å². The molecule has 2 aromatic rings. The van der Waals surface area contributed by atoms with Gasteiger partial charge in [-0.2, -0.15) is 13.2 Å². The fourth-order valence-corrected chi connectivity index (χ4v) is 4.45. The third kappa shape index (κ3) is 4.04. The molecule has 3 N–H and O–H groups in total. The molecule has 6 nitrogen and oxygen atoms in total. The van der Waals surface area contributed by atoms with Crippen LogP contribution >= 0.6 is 0 Å². The number of piperidine rings is 1. The summed E-state index contributed by atoms with van der Waals surface area (Å²) < 4.78 is 44.6. The molecule has 1 fully saturated rings. The number of carbonyl (C=O) groups excluding carboxylic acids is 2. The number of nitrogens with zero attached hydrogens (tertiary/aromatic N) is 1. The van der Waals surface area contributed by atoms with Crippen LogP contribution in [0.1, 0.15) is 27.9 Å². The minimum atomic E-state index is -4.56. The molecule has 4 rings (SSSR count). The Hall–Kier alpha value is -3.23. The Morgan fingerprint density at radius 2 is 2.03 bits per heavy atom. The number of amides is 2. The molecule has 0 bridgehead atoms. The van der Waals surface area contributed by atoms with Gasteiger partial charge in [0.25, 0.3) is 5.91 Å². The van der Waals surface area contributed by atoms with Crippen molar-refractivity contribution in [1.82, 2.24) is 4.90 Å². The third-order valence-electron chi connectivity index (χ3n) is 5.92. The Morgan fingerprint density at radius 3 is 2.71 bits per heavy atom. The number of benzene rings is 2. The maximum absolute atomic E-state index is 13.1. The molecule has 164 valence electrons. The summed E-state index contributed by atoms with van der Waals surface area (Å²) >= 11 is 0. The summed E-state index contributed by atoms with van der Waals surface area (Å²) in [5, 5.41) is 3.06. The van der Waals surface area contributed by atoms with E-state index in [0.717, 1.165) is 17.7 Å². The number of primary amides is 1. The number of carbonyl (C=O) groups is 2. The smallest absolute Gasteiger partial charge is 0.416 e. The summed E-state index contributed by atoms with van der Waals surface area (Å²) in [6.07, 6.45) is -4.20. The van der Waals surface area contributed by atoms with E-state index < -0.39 is 35.6 Å². The highest BCUT2D eigenvalue weighted by Gasteiger charge is 2.45. The molecular formula is C22H22F3N3O3. The van der Waals surface area contributed by atoms with E-state index in [1.54, 1.807) is 7.11 Å². The van der Waals surface area contributed by atoms with Gasteiger partial charge >= 0.3 is 6.18 Å². The van der Waals surface area contributed by atoms with Crippen molar-refractivity contribution in [3.05, 3.63) is 59.2 Å². The number of methoxy groups -OCH3 is 1. The van der Waals surface area contributed by atoms with Gasteiger partial charge in [-0.15, -0.1) is 0 Å². The topological polar surface area (TPSA) is 84.7 Å². The highest BCUT2D eigenvalue weighted by Crippen LogP contribution is 2.39. The number of nitrogens with two attached hydrogens (primary N) is 1. The van der Waals surface area contributed by atoms with Gasteiger partial charge in [-0.1, -0.05) is 12.1 Å². The average Bonchev–Trinajstić information content (AvgIpc) is 2.73. The van der Waals surface area contributed by atoms with Crippen molar-refractivity contribution in [2.45, 2.75) is 25.2 Å². The van der Waals surface area contributed by atoms with Gasteiger partial charge in [0.2, 0.25) is 5.91 Å². The highest BCUT2D eigenvalue weighted by atomic mass is 19.4. The molecule has 2 aliphatic heterocycles. The van der Waals surface area contributed by atoms with Gasteiger partial charge in [-0.25, -0.2) is 0 Å². The monoisotopic (exact) mass is 433 g/mol. The van der Waals surface area contributed by atoms with E-state index in [1.165, 1.54) is 11.0 Å². The number of nitrogens with one attached hydrogen (secondary N) is 1. The van der Waals surface area contributed by atoms with Crippen LogP contribution in [-0.4, -0.2) is 36.5 Å². The molecule has 3 atom stereocenters. The molecule has 0 radical (unpaired) electrons. The number of anilines is 1. The van der Waals surface area contributed by atoms with E-state index in [4.69, 9.17) is 10.5 Å². The second-order valence-corrected chi connectivity index (χ2v) is 7.97. The summed E-state index contributed by atoms with van der Waals surface area (Å²) in [5.41, 5.74) is 5.94. The van der Waals surface area contributed by atoms with Crippen LogP contribution in [0.4, 0.5) is 18.9 Å². The Morgan fingerprint density at radius 1 is 1.26 bits per heavy atom. The van der Waals surface area contributed by atoms with Crippen LogP contribution in [0.15, 0.2) is 42.5 Å². The van der Waals surface area contributed by atoms with Gasteiger partial charge in [0.05, 0.1) is 24.2 Å². The molecule has 2 amide bonds. The van der Waals surface area contributed by atoms with Crippen molar-refractivity contribution in [3.63, 3.8) is 0 Å². The molecule has 1 saturated heterocycles. The van der Waals surface area contributed by atoms with Crippen molar-refractivity contribution in [3.8, 4) is 5.75 Å². The Balaban J connectivity index is 1.64. The maximum Gasteiger partial charge on any atom is 0.416 e. The number of ether oxygens (including phenoxy) is 1. The quantitative estimate of drug-likeness (QED) is 0.775. The number of hydrogen-bond donors (Lipinski definition) is 2.